The standard InChI is InChI=1S/C17H20N2OS/c18-11-12-5-3-7-13(12)17(20)19-15-8-2-1-6-14(15)16-9-4-10-21-16/h1-2,4,6,8-10,12-13H,3,5,7,11,18H2,(H,19,20)/t12-,13-/m1/s1. The van der Waals surface area contributed by atoms with Crippen molar-refractivity contribution in [3.8, 4) is 10.4 Å². The van der Waals surface area contributed by atoms with Gasteiger partial charge in [-0.3, -0.25) is 4.79 Å². The SMILES string of the molecule is NC[C@H]1CCC[C@H]1C(=O)Nc1ccccc1-c1cccs1. The van der Waals surface area contributed by atoms with Crippen LogP contribution >= 0.6 is 11.3 Å². The number of nitrogens with two attached hydrogens (primary N) is 1. The van der Waals surface area contributed by atoms with E-state index in [1.165, 1.54) is 4.88 Å². The molecular weight excluding hydrogens is 280 g/mol. The third-order valence-corrected chi connectivity index (χ3v) is 5.17. The summed E-state index contributed by atoms with van der Waals surface area (Å²) in [7, 11) is 0. The molecule has 0 aliphatic heterocycles. The fourth-order valence-corrected chi connectivity index (χ4v) is 3.89. The molecule has 1 amide bonds. The Hall–Kier alpha value is -1.65. The molecule has 1 heterocycles. The van der Waals surface area contributed by atoms with Crippen LogP contribution in [-0.2, 0) is 4.79 Å². The van der Waals surface area contributed by atoms with E-state index in [0.717, 1.165) is 30.5 Å². The number of benzene rings is 1. The number of thiophene rings is 1. The molecule has 2 atom stereocenters. The van der Waals surface area contributed by atoms with Crippen LogP contribution in [0.2, 0.25) is 0 Å². The summed E-state index contributed by atoms with van der Waals surface area (Å²) in [6.07, 6.45) is 3.13. The Morgan fingerprint density at radius 2 is 2.10 bits per heavy atom. The fraction of sp³-hybridized carbons (Fsp3) is 0.353. The molecule has 1 aromatic heterocycles. The van der Waals surface area contributed by atoms with Crippen LogP contribution in [0.15, 0.2) is 41.8 Å². The zero-order chi connectivity index (χ0) is 14.7. The van der Waals surface area contributed by atoms with Crippen molar-refractivity contribution in [1.82, 2.24) is 0 Å². The van der Waals surface area contributed by atoms with Gasteiger partial charge in [-0.1, -0.05) is 30.7 Å². The molecule has 1 fully saturated rings. The van der Waals surface area contributed by atoms with Crippen LogP contribution in [0.3, 0.4) is 0 Å². The van der Waals surface area contributed by atoms with Crippen molar-refractivity contribution in [2.45, 2.75) is 19.3 Å². The molecule has 1 saturated carbocycles. The number of hydrogen-bond donors (Lipinski definition) is 2. The van der Waals surface area contributed by atoms with Gasteiger partial charge in [0.1, 0.15) is 0 Å². The van der Waals surface area contributed by atoms with Gasteiger partial charge in [-0.15, -0.1) is 11.3 Å². The lowest BCUT2D eigenvalue weighted by molar-refractivity contribution is -0.120. The summed E-state index contributed by atoms with van der Waals surface area (Å²) in [6.45, 7) is 0.602. The molecule has 1 aliphatic rings. The Bertz CT molecular complexity index is 609. The van der Waals surface area contributed by atoms with E-state index in [9.17, 15) is 4.79 Å². The van der Waals surface area contributed by atoms with Gasteiger partial charge in [0.15, 0.2) is 0 Å². The molecule has 3 rings (SSSR count). The van der Waals surface area contributed by atoms with Crippen molar-refractivity contribution in [3.05, 3.63) is 41.8 Å². The highest BCUT2D eigenvalue weighted by Gasteiger charge is 2.32. The third kappa shape index (κ3) is 3.01. The first-order chi connectivity index (χ1) is 10.3. The number of para-hydroxylation sites is 1. The number of hydrogen-bond acceptors (Lipinski definition) is 3. The maximum absolute atomic E-state index is 12.5. The van der Waals surface area contributed by atoms with Crippen LogP contribution in [0.5, 0.6) is 0 Å². The second kappa shape index (κ2) is 6.41. The number of amides is 1. The second-order valence-electron chi connectivity index (χ2n) is 5.55. The van der Waals surface area contributed by atoms with E-state index >= 15 is 0 Å². The van der Waals surface area contributed by atoms with E-state index < -0.39 is 0 Å². The molecule has 0 bridgehead atoms. The smallest absolute Gasteiger partial charge is 0.227 e. The Labute approximate surface area is 129 Å². The zero-order valence-electron chi connectivity index (χ0n) is 11.9. The van der Waals surface area contributed by atoms with Crippen LogP contribution < -0.4 is 11.1 Å². The third-order valence-electron chi connectivity index (χ3n) is 4.27. The van der Waals surface area contributed by atoms with Gasteiger partial charge in [-0.05, 0) is 42.8 Å². The first-order valence-corrected chi connectivity index (χ1v) is 8.31. The van der Waals surface area contributed by atoms with E-state index in [2.05, 4.69) is 22.8 Å². The Morgan fingerprint density at radius 1 is 1.24 bits per heavy atom. The van der Waals surface area contributed by atoms with E-state index in [0.29, 0.717) is 12.5 Å². The van der Waals surface area contributed by atoms with Gasteiger partial charge in [0.05, 0.1) is 0 Å². The number of carbonyl (C=O) groups is 1. The molecule has 3 nitrogen and oxygen atoms in total. The molecule has 2 aromatic rings. The van der Waals surface area contributed by atoms with Gasteiger partial charge in [0.2, 0.25) is 5.91 Å². The zero-order valence-corrected chi connectivity index (χ0v) is 12.7. The molecule has 0 unspecified atom stereocenters. The number of nitrogens with one attached hydrogen (secondary N) is 1. The average molecular weight is 300 g/mol. The predicted octanol–water partition coefficient (Wildman–Crippen LogP) is 3.73. The largest absolute Gasteiger partial charge is 0.330 e. The highest BCUT2D eigenvalue weighted by Crippen LogP contribution is 2.34. The van der Waals surface area contributed by atoms with Crippen molar-refractivity contribution in [3.63, 3.8) is 0 Å². The molecule has 110 valence electrons. The molecule has 0 saturated heterocycles. The van der Waals surface area contributed by atoms with Crippen molar-refractivity contribution >= 4 is 22.9 Å². The first-order valence-electron chi connectivity index (χ1n) is 7.43. The normalized spacial score (nSPS) is 21.4. The summed E-state index contributed by atoms with van der Waals surface area (Å²) < 4.78 is 0. The molecule has 21 heavy (non-hydrogen) atoms. The monoisotopic (exact) mass is 300 g/mol. The number of anilines is 1. The summed E-state index contributed by atoms with van der Waals surface area (Å²) in [5, 5.41) is 5.17. The minimum atomic E-state index is 0.0615. The van der Waals surface area contributed by atoms with Crippen molar-refractivity contribution in [2.75, 3.05) is 11.9 Å². The van der Waals surface area contributed by atoms with E-state index in [1.807, 2.05) is 24.3 Å². The van der Waals surface area contributed by atoms with Gasteiger partial charge in [-0.2, -0.15) is 0 Å². The van der Waals surface area contributed by atoms with Gasteiger partial charge < -0.3 is 11.1 Å². The maximum Gasteiger partial charge on any atom is 0.227 e. The predicted molar refractivity (Wildman–Crippen MR) is 88.3 cm³/mol. The Morgan fingerprint density at radius 3 is 2.86 bits per heavy atom. The maximum atomic E-state index is 12.5. The lowest BCUT2D eigenvalue weighted by atomic mass is 9.95. The van der Waals surface area contributed by atoms with Gasteiger partial charge >= 0.3 is 0 Å². The van der Waals surface area contributed by atoms with Crippen LogP contribution in [0.25, 0.3) is 10.4 Å². The summed E-state index contributed by atoms with van der Waals surface area (Å²) in [5.74, 6) is 0.511. The van der Waals surface area contributed by atoms with E-state index in [4.69, 9.17) is 5.73 Å². The number of rotatable bonds is 4. The number of carbonyl (C=O) groups excluding carboxylic acids is 1. The molecule has 4 heteroatoms. The minimum Gasteiger partial charge on any atom is -0.330 e. The lowest BCUT2D eigenvalue weighted by Crippen LogP contribution is -2.29. The minimum absolute atomic E-state index is 0.0615. The topological polar surface area (TPSA) is 55.1 Å². The average Bonchev–Trinajstić information content (AvgIpc) is 3.19. The van der Waals surface area contributed by atoms with E-state index in [-0.39, 0.29) is 11.8 Å². The highest BCUT2D eigenvalue weighted by atomic mass is 32.1. The summed E-state index contributed by atoms with van der Waals surface area (Å²) >= 11 is 1.68. The fourth-order valence-electron chi connectivity index (χ4n) is 3.13. The summed E-state index contributed by atoms with van der Waals surface area (Å²) in [5.41, 5.74) is 7.77. The molecule has 0 spiro atoms. The molecular formula is C17H20N2OS. The second-order valence-corrected chi connectivity index (χ2v) is 6.49. The van der Waals surface area contributed by atoms with Gasteiger partial charge in [-0.25, -0.2) is 0 Å². The summed E-state index contributed by atoms with van der Waals surface area (Å²) in [6, 6.07) is 12.1. The Kier molecular flexibility index (Phi) is 4.36. The van der Waals surface area contributed by atoms with Crippen LogP contribution in [0, 0.1) is 11.8 Å². The van der Waals surface area contributed by atoms with E-state index in [1.54, 1.807) is 11.3 Å². The highest BCUT2D eigenvalue weighted by molar-refractivity contribution is 7.13. The molecule has 1 aromatic carbocycles. The lowest BCUT2D eigenvalue weighted by Gasteiger charge is -2.18. The molecule has 0 radical (unpaired) electrons. The van der Waals surface area contributed by atoms with Crippen LogP contribution in [-0.4, -0.2) is 12.5 Å². The first kappa shape index (κ1) is 14.3. The van der Waals surface area contributed by atoms with Crippen LogP contribution in [0.1, 0.15) is 19.3 Å². The van der Waals surface area contributed by atoms with Crippen molar-refractivity contribution in [2.24, 2.45) is 17.6 Å². The quantitative estimate of drug-likeness (QED) is 0.904. The summed E-state index contributed by atoms with van der Waals surface area (Å²) in [4.78, 5) is 13.7. The van der Waals surface area contributed by atoms with Crippen LogP contribution in [0.4, 0.5) is 5.69 Å². The van der Waals surface area contributed by atoms with Crippen molar-refractivity contribution in [1.29, 1.82) is 0 Å². The molecule has 3 N–H and O–H groups in total. The Balaban J connectivity index is 1.81. The molecule has 1 aliphatic carbocycles. The van der Waals surface area contributed by atoms with Gasteiger partial charge in [0.25, 0.3) is 0 Å². The van der Waals surface area contributed by atoms with Gasteiger partial charge in [0, 0.05) is 22.0 Å². The van der Waals surface area contributed by atoms with Crippen molar-refractivity contribution < 1.29 is 4.79 Å².